The maximum atomic E-state index is 11.4. The average molecular weight is 297 g/mol. The highest BCUT2D eigenvalue weighted by atomic mass is 16.6. The van der Waals surface area contributed by atoms with E-state index in [2.05, 4.69) is 5.32 Å². The van der Waals surface area contributed by atoms with Gasteiger partial charge in [0.25, 0.3) is 11.4 Å². The maximum absolute atomic E-state index is 11.4. The van der Waals surface area contributed by atoms with Crippen LogP contribution in [0, 0.1) is 20.2 Å². The van der Waals surface area contributed by atoms with Crippen molar-refractivity contribution in [1.82, 2.24) is 0 Å². The van der Waals surface area contributed by atoms with Crippen molar-refractivity contribution in [3.8, 4) is 0 Å². The molecule has 0 bridgehead atoms. The molecule has 10 heteroatoms. The first kappa shape index (κ1) is 14.7. The van der Waals surface area contributed by atoms with Crippen LogP contribution >= 0.6 is 0 Å². The van der Waals surface area contributed by atoms with Crippen LogP contribution in [-0.2, 0) is 9.53 Å². The molecule has 2 N–H and O–H groups in total. The molecule has 0 aromatic heterocycles. The highest BCUT2D eigenvalue weighted by Gasteiger charge is 2.43. The minimum Gasteiger partial charge on any atom is -0.479 e. The lowest BCUT2D eigenvalue weighted by Crippen LogP contribution is -2.47. The number of hydrogen-bond donors (Lipinski definition) is 2. The molecule has 1 saturated heterocycles. The molecular formula is C11H11N3O7. The zero-order valence-electron chi connectivity index (χ0n) is 10.6. The van der Waals surface area contributed by atoms with E-state index in [9.17, 15) is 30.1 Å². The van der Waals surface area contributed by atoms with Gasteiger partial charge in [-0.3, -0.25) is 20.2 Å². The summed E-state index contributed by atoms with van der Waals surface area (Å²) in [6.07, 6.45) is 0.135. The van der Waals surface area contributed by atoms with Gasteiger partial charge in [-0.25, -0.2) is 4.79 Å². The van der Waals surface area contributed by atoms with E-state index in [4.69, 9.17) is 4.74 Å². The number of carboxylic acids is 1. The lowest BCUT2D eigenvalue weighted by atomic mass is 9.98. The van der Waals surface area contributed by atoms with Gasteiger partial charge in [0.05, 0.1) is 22.5 Å². The molecule has 0 saturated carbocycles. The highest BCUT2D eigenvalue weighted by molar-refractivity contribution is 5.85. The number of nitro benzene ring substituents is 2. The molecule has 1 aromatic rings. The van der Waals surface area contributed by atoms with Crippen LogP contribution in [0.25, 0.3) is 0 Å². The zero-order valence-corrected chi connectivity index (χ0v) is 10.6. The van der Waals surface area contributed by atoms with E-state index >= 15 is 0 Å². The zero-order chi connectivity index (χ0) is 15.6. The SMILES string of the molecule is O=C(O)C1(Nc2ccc([N+](=O)[O-])cc2[N+](=O)[O-])CCOC1. The first-order valence-electron chi connectivity index (χ1n) is 5.88. The number of aliphatic carboxylic acids is 1. The number of hydrogen-bond acceptors (Lipinski definition) is 7. The minimum atomic E-state index is -1.47. The summed E-state index contributed by atoms with van der Waals surface area (Å²) in [6, 6.07) is 2.98. The number of nitro groups is 2. The first-order chi connectivity index (χ1) is 9.85. The van der Waals surface area contributed by atoms with Crippen molar-refractivity contribution in [2.24, 2.45) is 0 Å². The lowest BCUT2D eigenvalue weighted by Gasteiger charge is -2.24. The molecule has 2 rings (SSSR count). The standard InChI is InChI=1S/C11H11N3O7/c15-10(16)11(3-4-21-6-11)12-8-2-1-7(13(17)18)5-9(8)14(19)20/h1-2,5,12H,3-4,6H2,(H,15,16). The Kier molecular flexibility index (Phi) is 3.72. The number of ether oxygens (including phenoxy) is 1. The summed E-state index contributed by atoms with van der Waals surface area (Å²) in [5.41, 5.74) is -2.57. The molecule has 1 atom stereocenters. The molecule has 21 heavy (non-hydrogen) atoms. The predicted octanol–water partition coefficient (Wildman–Crippen LogP) is 1.16. The van der Waals surface area contributed by atoms with Gasteiger partial charge in [-0.1, -0.05) is 0 Å². The number of carboxylic acid groups (broad SMARTS) is 1. The molecule has 1 aliphatic rings. The van der Waals surface area contributed by atoms with Gasteiger partial charge in [0.15, 0.2) is 5.54 Å². The van der Waals surface area contributed by atoms with Crippen molar-refractivity contribution >= 4 is 23.0 Å². The molecular weight excluding hydrogens is 286 g/mol. The van der Waals surface area contributed by atoms with Crippen molar-refractivity contribution in [3.05, 3.63) is 38.4 Å². The number of carbonyl (C=O) groups is 1. The molecule has 0 spiro atoms. The largest absolute Gasteiger partial charge is 0.479 e. The third kappa shape index (κ3) is 2.74. The quantitative estimate of drug-likeness (QED) is 0.608. The molecule has 10 nitrogen and oxygen atoms in total. The van der Waals surface area contributed by atoms with Crippen molar-refractivity contribution in [1.29, 1.82) is 0 Å². The van der Waals surface area contributed by atoms with Crippen LogP contribution in [0.15, 0.2) is 18.2 Å². The van der Waals surface area contributed by atoms with Gasteiger partial charge in [-0.15, -0.1) is 0 Å². The Bertz CT molecular complexity index is 610. The van der Waals surface area contributed by atoms with Crippen molar-refractivity contribution in [3.63, 3.8) is 0 Å². The van der Waals surface area contributed by atoms with Crippen molar-refractivity contribution in [2.75, 3.05) is 18.5 Å². The van der Waals surface area contributed by atoms with Gasteiger partial charge < -0.3 is 15.2 Å². The second-order valence-electron chi connectivity index (χ2n) is 4.53. The molecule has 1 unspecified atom stereocenters. The Hall–Kier alpha value is -2.75. The second-order valence-corrected chi connectivity index (χ2v) is 4.53. The Morgan fingerprint density at radius 3 is 2.52 bits per heavy atom. The summed E-state index contributed by atoms with van der Waals surface area (Å²) < 4.78 is 5.03. The van der Waals surface area contributed by atoms with E-state index in [-0.39, 0.29) is 25.3 Å². The van der Waals surface area contributed by atoms with Crippen LogP contribution in [0.5, 0.6) is 0 Å². The fourth-order valence-electron chi connectivity index (χ4n) is 2.03. The second kappa shape index (κ2) is 5.32. The van der Waals surface area contributed by atoms with E-state index in [1.54, 1.807) is 0 Å². The van der Waals surface area contributed by atoms with Gasteiger partial charge in [-0.2, -0.15) is 0 Å². The maximum Gasteiger partial charge on any atom is 0.331 e. The van der Waals surface area contributed by atoms with Gasteiger partial charge >= 0.3 is 5.97 Å². The molecule has 1 heterocycles. The fourth-order valence-corrected chi connectivity index (χ4v) is 2.03. The normalized spacial score (nSPS) is 21.0. The van der Waals surface area contributed by atoms with E-state index < -0.39 is 32.7 Å². The molecule has 0 radical (unpaired) electrons. The lowest BCUT2D eigenvalue weighted by molar-refractivity contribution is -0.393. The fraction of sp³-hybridized carbons (Fsp3) is 0.364. The summed E-state index contributed by atoms with van der Waals surface area (Å²) in [7, 11) is 0. The highest BCUT2D eigenvalue weighted by Crippen LogP contribution is 2.33. The van der Waals surface area contributed by atoms with Crippen LogP contribution in [0.2, 0.25) is 0 Å². The summed E-state index contributed by atoms with van der Waals surface area (Å²) in [5, 5.41) is 33.5. The van der Waals surface area contributed by atoms with E-state index in [1.165, 1.54) is 0 Å². The topological polar surface area (TPSA) is 145 Å². The Balaban J connectivity index is 2.41. The third-order valence-electron chi connectivity index (χ3n) is 3.19. The number of rotatable bonds is 5. The summed E-state index contributed by atoms with van der Waals surface area (Å²) in [4.78, 5) is 31.5. The summed E-state index contributed by atoms with van der Waals surface area (Å²) in [5.74, 6) is -1.20. The minimum absolute atomic E-state index is 0.0986. The number of non-ortho nitro benzene ring substituents is 1. The van der Waals surface area contributed by atoms with Crippen molar-refractivity contribution in [2.45, 2.75) is 12.0 Å². The molecule has 0 aliphatic carbocycles. The van der Waals surface area contributed by atoms with Gasteiger partial charge in [-0.05, 0) is 6.07 Å². The van der Waals surface area contributed by atoms with E-state index in [0.717, 1.165) is 18.2 Å². The number of nitrogens with one attached hydrogen (secondary N) is 1. The van der Waals surface area contributed by atoms with Gasteiger partial charge in [0, 0.05) is 19.1 Å². The number of benzene rings is 1. The monoisotopic (exact) mass is 297 g/mol. The van der Waals surface area contributed by atoms with E-state index in [1.807, 2.05) is 0 Å². The smallest absolute Gasteiger partial charge is 0.331 e. The summed E-state index contributed by atoms with van der Waals surface area (Å²) >= 11 is 0. The molecule has 112 valence electrons. The van der Waals surface area contributed by atoms with Crippen molar-refractivity contribution < 1.29 is 24.5 Å². The predicted molar refractivity (Wildman–Crippen MR) is 69.2 cm³/mol. The number of anilines is 1. The molecule has 1 aliphatic heterocycles. The molecule has 1 fully saturated rings. The van der Waals surface area contributed by atoms with Crippen LogP contribution in [-0.4, -0.2) is 39.7 Å². The Morgan fingerprint density at radius 1 is 1.33 bits per heavy atom. The van der Waals surface area contributed by atoms with Crippen LogP contribution in [0.3, 0.4) is 0 Å². The van der Waals surface area contributed by atoms with Crippen LogP contribution in [0.1, 0.15) is 6.42 Å². The van der Waals surface area contributed by atoms with Gasteiger partial charge in [0.2, 0.25) is 0 Å². The Morgan fingerprint density at radius 2 is 2.05 bits per heavy atom. The first-order valence-corrected chi connectivity index (χ1v) is 5.88. The average Bonchev–Trinajstić information content (AvgIpc) is 2.88. The molecule has 1 aromatic carbocycles. The summed E-state index contributed by atoms with van der Waals surface area (Å²) in [6.45, 7) is 0.0660. The van der Waals surface area contributed by atoms with Crippen LogP contribution < -0.4 is 5.32 Å². The van der Waals surface area contributed by atoms with Gasteiger partial charge in [0.1, 0.15) is 5.69 Å². The Labute approximate surface area is 117 Å². The molecule has 0 amide bonds. The van der Waals surface area contributed by atoms with E-state index in [0.29, 0.717) is 0 Å². The van der Waals surface area contributed by atoms with Crippen LogP contribution in [0.4, 0.5) is 17.1 Å². The number of nitrogens with zero attached hydrogens (tertiary/aromatic N) is 2. The third-order valence-corrected chi connectivity index (χ3v) is 3.19.